The second kappa shape index (κ2) is 17.1. The normalized spacial score (nSPS) is 18.3. The van der Waals surface area contributed by atoms with Crippen LogP contribution >= 0.6 is 24.0 Å². The molecule has 1 unspecified atom stereocenters. The van der Waals surface area contributed by atoms with E-state index in [1.165, 1.54) is 64.2 Å². The van der Waals surface area contributed by atoms with Gasteiger partial charge in [0.05, 0.1) is 6.61 Å². The summed E-state index contributed by atoms with van der Waals surface area (Å²) in [6.07, 6.45) is 17.6. The Balaban J connectivity index is 0.00000576. The summed E-state index contributed by atoms with van der Waals surface area (Å²) in [5.74, 6) is 0.930. The van der Waals surface area contributed by atoms with Crippen molar-refractivity contribution in [2.75, 3.05) is 26.7 Å². The van der Waals surface area contributed by atoms with Gasteiger partial charge >= 0.3 is 0 Å². The van der Waals surface area contributed by atoms with Gasteiger partial charge in [0, 0.05) is 26.3 Å². The minimum atomic E-state index is 0. The SMILES string of the molecule is CCCCCCCCCCCCN=C1C=CN(C)C(NCCO)N1.I. The summed E-state index contributed by atoms with van der Waals surface area (Å²) in [5, 5.41) is 15.5. The molecule has 0 spiro atoms. The number of hydrogen-bond acceptors (Lipinski definition) is 4. The Morgan fingerprint density at radius 1 is 1.08 bits per heavy atom. The molecule has 3 N–H and O–H groups in total. The molecule has 1 atom stereocenters. The molecule has 0 saturated heterocycles. The molecular formula is C19H39IN4O. The number of hydrogen-bond donors (Lipinski definition) is 3. The van der Waals surface area contributed by atoms with Crippen molar-refractivity contribution in [1.82, 2.24) is 15.5 Å². The fourth-order valence-corrected chi connectivity index (χ4v) is 2.86. The molecule has 0 radical (unpaired) electrons. The van der Waals surface area contributed by atoms with Gasteiger partial charge in [-0.25, -0.2) is 0 Å². The lowest BCUT2D eigenvalue weighted by Gasteiger charge is -2.32. The van der Waals surface area contributed by atoms with Gasteiger partial charge in [0.1, 0.15) is 5.84 Å². The Hall–Kier alpha value is -0.340. The maximum atomic E-state index is 8.91. The fourth-order valence-electron chi connectivity index (χ4n) is 2.86. The summed E-state index contributed by atoms with van der Waals surface area (Å²) in [6, 6.07) is 0. The maximum absolute atomic E-state index is 8.91. The van der Waals surface area contributed by atoms with Crippen LogP contribution in [0.2, 0.25) is 0 Å². The zero-order valence-corrected chi connectivity index (χ0v) is 18.5. The molecule has 0 aromatic carbocycles. The van der Waals surface area contributed by atoms with E-state index in [4.69, 9.17) is 5.11 Å². The van der Waals surface area contributed by atoms with Gasteiger partial charge in [-0.05, 0) is 12.5 Å². The van der Waals surface area contributed by atoms with Gasteiger partial charge in [-0.3, -0.25) is 10.3 Å². The van der Waals surface area contributed by atoms with Crippen molar-refractivity contribution in [3.63, 3.8) is 0 Å². The Morgan fingerprint density at radius 2 is 1.68 bits per heavy atom. The molecule has 25 heavy (non-hydrogen) atoms. The summed E-state index contributed by atoms with van der Waals surface area (Å²) < 4.78 is 0. The Morgan fingerprint density at radius 3 is 2.28 bits per heavy atom. The van der Waals surface area contributed by atoms with Crippen LogP contribution in [0.4, 0.5) is 0 Å². The number of unbranched alkanes of at least 4 members (excludes halogenated alkanes) is 9. The molecule has 1 rings (SSSR count). The average Bonchev–Trinajstić information content (AvgIpc) is 2.59. The van der Waals surface area contributed by atoms with Crippen molar-refractivity contribution in [2.24, 2.45) is 4.99 Å². The molecule has 0 fully saturated rings. The number of aliphatic hydroxyl groups excluding tert-OH is 1. The highest BCUT2D eigenvalue weighted by Gasteiger charge is 2.15. The number of amidine groups is 1. The van der Waals surface area contributed by atoms with E-state index < -0.39 is 0 Å². The van der Waals surface area contributed by atoms with Gasteiger partial charge < -0.3 is 15.3 Å². The highest BCUT2D eigenvalue weighted by molar-refractivity contribution is 14.0. The summed E-state index contributed by atoms with van der Waals surface area (Å²) in [5.41, 5.74) is 0. The summed E-state index contributed by atoms with van der Waals surface area (Å²) in [4.78, 5) is 6.67. The first kappa shape index (κ1) is 24.7. The number of rotatable bonds is 14. The molecular weight excluding hydrogens is 427 g/mol. The van der Waals surface area contributed by atoms with E-state index in [2.05, 4.69) is 22.5 Å². The predicted molar refractivity (Wildman–Crippen MR) is 118 cm³/mol. The van der Waals surface area contributed by atoms with Crippen LogP contribution in [0.25, 0.3) is 0 Å². The Bertz CT molecular complexity index is 363. The van der Waals surface area contributed by atoms with Crippen LogP contribution in [0.1, 0.15) is 71.1 Å². The van der Waals surface area contributed by atoms with E-state index in [0.29, 0.717) is 6.54 Å². The van der Waals surface area contributed by atoms with Crippen LogP contribution in [0, 0.1) is 0 Å². The van der Waals surface area contributed by atoms with Gasteiger partial charge in [0.25, 0.3) is 0 Å². The third kappa shape index (κ3) is 12.6. The lowest BCUT2D eigenvalue weighted by molar-refractivity contribution is 0.219. The van der Waals surface area contributed by atoms with Crippen LogP contribution in [-0.2, 0) is 0 Å². The molecule has 0 amide bonds. The van der Waals surface area contributed by atoms with Crippen molar-refractivity contribution in [2.45, 2.75) is 77.4 Å². The van der Waals surface area contributed by atoms with Crippen LogP contribution in [0.3, 0.4) is 0 Å². The van der Waals surface area contributed by atoms with Crippen molar-refractivity contribution in [1.29, 1.82) is 0 Å². The number of nitrogens with zero attached hydrogens (tertiary/aromatic N) is 2. The minimum Gasteiger partial charge on any atom is -0.395 e. The number of aliphatic hydroxyl groups is 1. The molecule has 1 heterocycles. The largest absolute Gasteiger partial charge is 0.395 e. The van der Waals surface area contributed by atoms with Crippen molar-refractivity contribution in [3.05, 3.63) is 12.3 Å². The first-order chi connectivity index (χ1) is 11.8. The zero-order valence-electron chi connectivity index (χ0n) is 16.2. The molecule has 0 aliphatic carbocycles. The first-order valence-corrected chi connectivity index (χ1v) is 9.83. The van der Waals surface area contributed by atoms with Crippen LogP contribution < -0.4 is 10.6 Å². The van der Waals surface area contributed by atoms with Crippen molar-refractivity contribution in [3.8, 4) is 0 Å². The van der Waals surface area contributed by atoms with Crippen molar-refractivity contribution < 1.29 is 5.11 Å². The molecule has 0 saturated carbocycles. The quantitative estimate of drug-likeness (QED) is 0.269. The number of nitrogens with one attached hydrogen (secondary N) is 2. The molecule has 1 aliphatic heterocycles. The minimum absolute atomic E-state index is 0. The number of aliphatic imine (C=N–C) groups is 1. The molecule has 148 valence electrons. The third-order valence-electron chi connectivity index (χ3n) is 4.40. The second-order valence-corrected chi connectivity index (χ2v) is 6.65. The zero-order chi connectivity index (χ0) is 17.5. The highest BCUT2D eigenvalue weighted by atomic mass is 127. The highest BCUT2D eigenvalue weighted by Crippen LogP contribution is 2.10. The Kier molecular flexibility index (Phi) is 16.9. The van der Waals surface area contributed by atoms with E-state index >= 15 is 0 Å². The summed E-state index contributed by atoms with van der Waals surface area (Å²) in [7, 11) is 2.00. The maximum Gasteiger partial charge on any atom is 0.155 e. The van der Waals surface area contributed by atoms with Gasteiger partial charge in [-0.15, -0.1) is 24.0 Å². The summed E-state index contributed by atoms with van der Waals surface area (Å²) >= 11 is 0. The monoisotopic (exact) mass is 466 g/mol. The van der Waals surface area contributed by atoms with Gasteiger partial charge in [0.2, 0.25) is 0 Å². The van der Waals surface area contributed by atoms with Crippen molar-refractivity contribution >= 4 is 29.8 Å². The lowest BCUT2D eigenvalue weighted by atomic mass is 10.1. The fraction of sp³-hybridized carbons (Fsp3) is 0.842. The van der Waals surface area contributed by atoms with Gasteiger partial charge in [-0.1, -0.05) is 64.7 Å². The molecule has 0 bridgehead atoms. The van der Waals surface area contributed by atoms with E-state index in [9.17, 15) is 0 Å². The standard InChI is InChI=1S/C19H38N4O.HI/c1-3-4-5-6-7-8-9-10-11-12-14-20-18-13-16-23(2)19(22-18)21-15-17-24;/h13,16,19,21,24H,3-12,14-15,17H2,1-2H3,(H,20,22);1H. The van der Waals surface area contributed by atoms with E-state index in [1.807, 2.05) is 24.2 Å². The lowest BCUT2D eigenvalue weighted by Crippen LogP contribution is -2.56. The summed E-state index contributed by atoms with van der Waals surface area (Å²) in [6.45, 7) is 3.87. The molecule has 5 nitrogen and oxygen atoms in total. The smallest absolute Gasteiger partial charge is 0.155 e. The molecule has 6 heteroatoms. The van der Waals surface area contributed by atoms with E-state index in [1.54, 1.807) is 0 Å². The van der Waals surface area contributed by atoms with E-state index in [-0.39, 0.29) is 36.9 Å². The van der Waals surface area contributed by atoms with Crippen LogP contribution in [0.15, 0.2) is 17.3 Å². The van der Waals surface area contributed by atoms with Crippen LogP contribution in [0.5, 0.6) is 0 Å². The topological polar surface area (TPSA) is 59.9 Å². The predicted octanol–water partition coefficient (Wildman–Crippen LogP) is 3.84. The molecule has 0 aromatic heterocycles. The molecule has 1 aliphatic rings. The number of halogens is 1. The third-order valence-corrected chi connectivity index (χ3v) is 4.40. The average molecular weight is 466 g/mol. The molecule has 0 aromatic rings. The van der Waals surface area contributed by atoms with Crippen LogP contribution in [-0.4, -0.2) is 48.9 Å². The van der Waals surface area contributed by atoms with E-state index in [0.717, 1.165) is 12.4 Å². The van der Waals surface area contributed by atoms with Gasteiger partial charge in [-0.2, -0.15) is 0 Å². The second-order valence-electron chi connectivity index (χ2n) is 6.65. The Labute approximate surface area is 171 Å². The first-order valence-electron chi connectivity index (χ1n) is 9.83. The van der Waals surface area contributed by atoms with Gasteiger partial charge in [0.15, 0.2) is 6.29 Å².